The highest BCUT2D eigenvalue weighted by molar-refractivity contribution is 7.17. The molecule has 0 saturated heterocycles. The molecule has 3 aromatic heterocycles. The van der Waals surface area contributed by atoms with Crippen molar-refractivity contribution in [1.29, 1.82) is 0 Å². The molecule has 0 bridgehead atoms. The predicted molar refractivity (Wildman–Crippen MR) is 94.2 cm³/mol. The number of aromatic nitrogens is 2. The third-order valence-corrected chi connectivity index (χ3v) is 4.59. The summed E-state index contributed by atoms with van der Waals surface area (Å²) in [6, 6.07) is 13.2. The number of nitrogens with one attached hydrogen (secondary N) is 1. The van der Waals surface area contributed by atoms with Crippen LogP contribution in [0.15, 0.2) is 54.9 Å². The number of hydrogen-bond donors (Lipinski definition) is 2. The maximum absolute atomic E-state index is 11.0. The minimum Gasteiger partial charge on any atom is -0.477 e. The van der Waals surface area contributed by atoms with Crippen LogP contribution in [0.3, 0.4) is 0 Å². The van der Waals surface area contributed by atoms with E-state index in [4.69, 9.17) is 5.11 Å². The first kappa shape index (κ1) is 16.3. The SMILES string of the molecule is O=C(O)c1ccc(-c2cccc(CNCCc3cccnc3)n2)s1. The molecule has 3 rings (SSSR count). The average Bonchev–Trinajstić information content (AvgIpc) is 3.10. The fraction of sp³-hybridized carbons (Fsp3) is 0.167. The summed E-state index contributed by atoms with van der Waals surface area (Å²) in [5.41, 5.74) is 2.94. The van der Waals surface area contributed by atoms with Crippen molar-refractivity contribution in [2.45, 2.75) is 13.0 Å². The minimum atomic E-state index is -0.903. The quantitative estimate of drug-likeness (QED) is 0.646. The first-order valence-electron chi connectivity index (χ1n) is 7.61. The van der Waals surface area contributed by atoms with Crippen molar-refractivity contribution >= 4 is 17.3 Å². The summed E-state index contributed by atoms with van der Waals surface area (Å²) < 4.78 is 0. The monoisotopic (exact) mass is 339 g/mol. The third-order valence-electron chi connectivity index (χ3n) is 3.50. The Hall–Kier alpha value is -2.57. The Morgan fingerprint density at radius 2 is 2.08 bits per heavy atom. The van der Waals surface area contributed by atoms with Crippen LogP contribution in [0.2, 0.25) is 0 Å². The Bertz CT molecular complexity index is 818. The lowest BCUT2D eigenvalue weighted by molar-refractivity contribution is 0.0702. The molecule has 0 radical (unpaired) electrons. The van der Waals surface area contributed by atoms with E-state index in [9.17, 15) is 4.79 Å². The number of aromatic carboxylic acids is 1. The highest BCUT2D eigenvalue weighted by Gasteiger charge is 2.09. The van der Waals surface area contributed by atoms with Crippen LogP contribution >= 0.6 is 11.3 Å². The van der Waals surface area contributed by atoms with Gasteiger partial charge in [0.2, 0.25) is 0 Å². The van der Waals surface area contributed by atoms with E-state index in [-0.39, 0.29) is 0 Å². The summed E-state index contributed by atoms with van der Waals surface area (Å²) in [4.78, 5) is 20.9. The second-order valence-corrected chi connectivity index (χ2v) is 6.36. The lowest BCUT2D eigenvalue weighted by atomic mass is 10.2. The molecule has 24 heavy (non-hydrogen) atoms. The van der Waals surface area contributed by atoms with Crippen molar-refractivity contribution < 1.29 is 9.90 Å². The van der Waals surface area contributed by atoms with Crippen LogP contribution in [-0.2, 0) is 13.0 Å². The highest BCUT2D eigenvalue weighted by Crippen LogP contribution is 2.26. The molecular weight excluding hydrogens is 322 g/mol. The van der Waals surface area contributed by atoms with Crippen molar-refractivity contribution in [2.24, 2.45) is 0 Å². The molecule has 0 aliphatic heterocycles. The lowest BCUT2D eigenvalue weighted by Crippen LogP contribution is -2.17. The molecule has 0 amide bonds. The molecule has 0 aliphatic carbocycles. The standard InChI is InChI=1S/C18H17N3O2S/c22-18(23)17-7-6-16(24-17)15-5-1-4-14(21-15)12-20-10-8-13-3-2-9-19-11-13/h1-7,9,11,20H,8,10,12H2,(H,22,23). The number of rotatable bonds is 7. The summed E-state index contributed by atoms with van der Waals surface area (Å²) >= 11 is 1.24. The maximum Gasteiger partial charge on any atom is 0.345 e. The van der Waals surface area contributed by atoms with Crippen LogP contribution in [0.5, 0.6) is 0 Å². The van der Waals surface area contributed by atoms with Gasteiger partial charge in [-0.2, -0.15) is 0 Å². The molecule has 0 aliphatic rings. The summed E-state index contributed by atoms with van der Waals surface area (Å²) in [5, 5.41) is 12.4. The van der Waals surface area contributed by atoms with Crippen molar-refractivity contribution in [2.75, 3.05) is 6.54 Å². The zero-order chi connectivity index (χ0) is 16.8. The lowest BCUT2D eigenvalue weighted by Gasteiger charge is -2.06. The summed E-state index contributed by atoms with van der Waals surface area (Å²) in [6.45, 7) is 1.52. The number of carbonyl (C=O) groups is 1. The molecule has 0 atom stereocenters. The smallest absolute Gasteiger partial charge is 0.345 e. The van der Waals surface area contributed by atoms with Gasteiger partial charge in [0.15, 0.2) is 0 Å². The topological polar surface area (TPSA) is 75.1 Å². The van der Waals surface area contributed by atoms with Crippen LogP contribution in [0.25, 0.3) is 10.6 Å². The zero-order valence-electron chi connectivity index (χ0n) is 13.0. The van der Waals surface area contributed by atoms with Crippen molar-refractivity contribution in [1.82, 2.24) is 15.3 Å². The Kier molecular flexibility index (Phi) is 5.30. The molecule has 0 fully saturated rings. The van der Waals surface area contributed by atoms with E-state index in [0.717, 1.165) is 29.2 Å². The second-order valence-electron chi connectivity index (χ2n) is 5.27. The van der Waals surface area contributed by atoms with Gasteiger partial charge in [0, 0.05) is 18.9 Å². The number of pyridine rings is 2. The van der Waals surface area contributed by atoms with Gasteiger partial charge in [0.05, 0.1) is 16.3 Å². The molecule has 0 spiro atoms. The first-order valence-corrected chi connectivity index (χ1v) is 8.43. The van der Waals surface area contributed by atoms with Gasteiger partial charge in [-0.15, -0.1) is 11.3 Å². The van der Waals surface area contributed by atoms with E-state index < -0.39 is 5.97 Å². The summed E-state index contributed by atoms with van der Waals surface area (Å²) in [6.07, 6.45) is 4.56. The molecule has 0 unspecified atom stereocenters. The fourth-order valence-corrected chi connectivity index (χ4v) is 3.12. The molecule has 122 valence electrons. The molecule has 2 N–H and O–H groups in total. The Morgan fingerprint density at radius 1 is 1.17 bits per heavy atom. The predicted octanol–water partition coefficient (Wildman–Crippen LogP) is 3.24. The molecule has 0 saturated carbocycles. The molecule has 5 nitrogen and oxygen atoms in total. The van der Waals surface area contributed by atoms with Crippen molar-refractivity contribution in [3.05, 3.63) is 71.0 Å². The zero-order valence-corrected chi connectivity index (χ0v) is 13.8. The van der Waals surface area contributed by atoms with Crippen LogP contribution < -0.4 is 5.32 Å². The van der Waals surface area contributed by atoms with E-state index in [2.05, 4.69) is 21.4 Å². The van der Waals surface area contributed by atoms with E-state index in [0.29, 0.717) is 11.4 Å². The van der Waals surface area contributed by atoms with E-state index in [1.165, 1.54) is 16.9 Å². The van der Waals surface area contributed by atoms with E-state index >= 15 is 0 Å². The van der Waals surface area contributed by atoms with Crippen LogP contribution in [0, 0.1) is 0 Å². The highest BCUT2D eigenvalue weighted by atomic mass is 32.1. The number of carboxylic acid groups (broad SMARTS) is 1. The maximum atomic E-state index is 11.0. The van der Waals surface area contributed by atoms with Crippen molar-refractivity contribution in [3.63, 3.8) is 0 Å². The van der Waals surface area contributed by atoms with Gasteiger partial charge < -0.3 is 10.4 Å². The number of carboxylic acids is 1. The van der Waals surface area contributed by atoms with Gasteiger partial charge >= 0.3 is 5.97 Å². The second kappa shape index (κ2) is 7.81. The number of thiophene rings is 1. The van der Waals surface area contributed by atoms with Crippen LogP contribution in [-0.4, -0.2) is 27.6 Å². The van der Waals surface area contributed by atoms with Gasteiger partial charge in [0.25, 0.3) is 0 Å². The largest absolute Gasteiger partial charge is 0.477 e. The van der Waals surface area contributed by atoms with E-state index in [1.54, 1.807) is 18.3 Å². The molecule has 6 heteroatoms. The molecule has 3 heterocycles. The number of hydrogen-bond acceptors (Lipinski definition) is 5. The van der Waals surface area contributed by atoms with Crippen molar-refractivity contribution in [3.8, 4) is 10.6 Å². The van der Waals surface area contributed by atoms with Gasteiger partial charge in [-0.3, -0.25) is 9.97 Å². The Balaban J connectivity index is 1.57. The van der Waals surface area contributed by atoms with Crippen LogP contribution in [0.1, 0.15) is 20.9 Å². The number of nitrogens with zero attached hydrogens (tertiary/aromatic N) is 2. The fourth-order valence-electron chi connectivity index (χ4n) is 2.30. The van der Waals surface area contributed by atoms with Gasteiger partial charge in [0.1, 0.15) is 4.88 Å². The molecule has 0 aromatic carbocycles. The average molecular weight is 339 g/mol. The summed E-state index contributed by atoms with van der Waals surface area (Å²) in [7, 11) is 0. The van der Waals surface area contributed by atoms with Crippen LogP contribution in [0.4, 0.5) is 0 Å². The Morgan fingerprint density at radius 3 is 2.83 bits per heavy atom. The normalized spacial score (nSPS) is 10.7. The Labute approximate surface area is 144 Å². The van der Waals surface area contributed by atoms with E-state index in [1.807, 2.05) is 30.5 Å². The van der Waals surface area contributed by atoms with Gasteiger partial charge in [-0.1, -0.05) is 12.1 Å². The minimum absolute atomic E-state index is 0.326. The van der Waals surface area contributed by atoms with Gasteiger partial charge in [-0.25, -0.2) is 4.79 Å². The van der Waals surface area contributed by atoms with Gasteiger partial charge in [-0.05, 0) is 48.9 Å². The summed E-state index contributed by atoms with van der Waals surface area (Å²) in [5.74, 6) is -0.903. The molecular formula is C18H17N3O2S. The molecule has 3 aromatic rings. The third kappa shape index (κ3) is 4.24. The first-order chi connectivity index (χ1) is 11.7.